The van der Waals surface area contributed by atoms with Crippen molar-refractivity contribution >= 4 is 22.7 Å². The van der Waals surface area contributed by atoms with Crippen LogP contribution >= 0.6 is 0 Å². The van der Waals surface area contributed by atoms with Gasteiger partial charge in [-0.25, -0.2) is 0 Å². The zero-order chi connectivity index (χ0) is 17.7. The number of carbonyl (C=O) groups is 2. The summed E-state index contributed by atoms with van der Waals surface area (Å²) < 4.78 is 0. The van der Waals surface area contributed by atoms with Crippen LogP contribution in [0, 0.1) is 5.92 Å². The molecule has 5 nitrogen and oxygen atoms in total. The summed E-state index contributed by atoms with van der Waals surface area (Å²) in [6.45, 7) is 2.35. The first-order valence-corrected chi connectivity index (χ1v) is 9.82. The third kappa shape index (κ3) is 2.61. The van der Waals surface area contributed by atoms with E-state index in [1.54, 1.807) is 0 Å². The summed E-state index contributed by atoms with van der Waals surface area (Å²) in [5.74, 6) is 0.964. The van der Waals surface area contributed by atoms with Gasteiger partial charge in [0.2, 0.25) is 5.91 Å². The van der Waals surface area contributed by atoms with Gasteiger partial charge in [-0.05, 0) is 50.2 Å². The summed E-state index contributed by atoms with van der Waals surface area (Å²) in [5.41, 5.74) is 1.32. The minimum Gasteiger partial charge on any atom is -0.351 e. The monoisotopic (exact) mass is 351 g/mol. The number of carbonyl (C=O) groups excluding carboxylic acids is 2. The van der Waals surface area contributed by atoms with E-state index in [-0.39, 0.29) is 17.4 Å². The van der Waals surface area contributed by atoms with E-state index in [2.05, 4.69) is 4.98 Å². The van der Waals surface area contributed by atoms with Crippen LogP contribution < -0.4 is 0 Å². The fourth-order valence-corrected chi connectivity index (χ4v) is 4.77. The van der Waals surface area contributed by atoms with Crippen molar-refractivity contribution in [3.05, 3.63) is 36.0 Å². The largest absolute Gasteiger partial charge is 0.351 e. The topological polar surface area (TPSA) is 56.4 Å². The Kier molecular flexibility index (Phi) is 3.59. The number of amides is 2. The molecule has 26 heavy (non-hydrogen) atoms. The number of piperidine rings is 1. The number of fused-ring (bicyclic) bond motifs is 1. The highest BCUT2D eigenvalue weighted by Crippen LogP contribution is 2.40. The maximum absolute atomic E-state index is 13.3. The number of para-hydroxylation sites is 1. The van der Waals surface area contributed by atoms with Gasteiger partial charge in [0, 0.05) is 30.5 Å². The van der Waals surface area contributed by atoms with Crippen LogP contribution in [0.1, 0.15) is 49.0 Å². The zero-order valence-electron chi connectivity index (χ0n) is 15.0. The van der Waals surface area contributed by atoms with Gasteiger partial charge in [-0.2, -0.15) is 0 Å². The number of nitrogens with one attached hydrogen (secondary N) is 1. The number of benzene rings is 1. The molecule has 1 aromatic carbocycles. The number of rotatable bonds is 3. The van der Waals surface area contributed by atoms with Gasteiger partial charge in [-0.1, -0.05) is 18.2 Å². The van der Waals surface area contributed by atoms with E-state index in [0.717, 1.165) is 43.3 Å². The Morgan fingerprint density at radius 3 is 2.88 bits per heavy atom. The summed E-state index contributed by atoms with van der Waals surface area (Å²) in [6.07, 6.45) is 6.03. The van der Waals surface area contributed by atoms with Gasteiger partial charge in [-0.15, -0.1) is 0 Å². The molecule has 136 valence electrons. The van der Waals surface area contributed by atoms with Crippen LogP contribution in [0.2, 0.25) is 0 Å². The Labute approximate surface area is 153 Å². The molecule has 1 atom stereocenters. The maximum Gasteiger partial charge on any atom is 0.270 e. The number of nitrogens with zero attached hydrogens (tertiary/aromatic N) is 2. The van der Waals surface area contributed by atoms with Crippen LogP contribution in [0.25, 0.3) is 10.9 Å². The lowest BCUT2D eigenvalue weighted by atomic mass is 9.85. The van der Waals surface area contributed by atoms with Gasteiger partial charge in [-0.3, -0.25) is 9.59 Å². The summed E-state index contributed by atoms with van der Waals surface area (Å²) in [4.78, 5) is 33.3. The van der Waals surface area contributed by atoms with Crippen molar-refractivity contribution in [2.45, 2.75) is 44.1 Å². The first-order chi connectivity index (χ1) is 12.6. The molecule has 0 bridgehead atoms. The molecule has 2 amide bonds. The van der Waals surface area contributed by atoms with Crippen molar-refractivity contribution in [2.24, 2.45) is 5.92 Å². The van der Waals surface area contributed by atoms with E-state index in [1.807, 2.05) is 40.1 Å². The normalized spacial score (nSPS) is 26.2. The van der Waals surface area contributed by atoms with Gasteiger partial charge in [0.05, 0.1) is 12.0 Å². The van der Waals surface area contributed by atoms with E-state index in [9.17, 15) is 9.59 Å². The lowest BCUT2D eigenvalue weighted by Crippen LogP contribution is -2.56. The summed E-state index contributed by atoms with van der Waals surface area (Å²) in [5, 5.41) is 1.06. The predicted molar refractivity (Wildman–Crippen MR) is 99.8 cm³/mol. The third-order valence-corrected chi connectivity index (χ3v) is 6.35. The molecular weight excluding hydrogens is 326 g/mol. The molecule has 5 rings (SSSR count). The average Bonchev–Trinajstić information content (AvgIpc) is 3.26. The summed E-state index contributed by atoms with van der Waals surface area (Å²) in [6, 6.07) is 9.91. The third-order valence-electron chi connectivity index (χ3n) is 6.35. The Bertz CT molecular complexity index is 836. The van der Waals surface area contributed by atoms with Crippen LogP contribution in [0.15, 0.2) is 30.3 Å². The van der Waals surface area contributed by atoms with E-state index in [0.29, 0.717) is 24.6 Å². The highest BCUT2D eigenvalue weighted by Gasteiger charge is 2.50. The second-order valence-corrected chi connectivity index (χ2v) is 8.30. The van der Waals surface area contributed by atoms with Crippen molar-refractivity contribution in [1.29, 1.82) is 0 Å². The summed E-state index contributed by atoms with van der Waals surface area (Å²) in [7, 11) is 0. The number of H-pyrrole nitrogens is 1. The lowest BCUT2D eigenvalue weighted by Gasteiger charge is -2.44. The maximum atomic E-state index is 13.3. The standard InChI is InChI=1S/C21H25N3O2/c25-19-12-21(14-23(19)13-15-7-8-15)9-3-4-10-24(21)20(26)18-11-16-5-1-2-6-17(16)22-18/h1-2,5-6,11,15,22H,3-4,7-10,12-14H2. The Morgan fingerprint density at radius 2 is 2.08 bits per heavy atom. The smallest absolute Gasteiger partial charge is 0.270 e. The van der Waals surface area contributed by atoms with Gasteiger partial charge in [0.25, 0.3) is 5.91 Å². The molecule has 1 aliphatic carbocycles. The molecule has 1 N–H and O–H groups in total. The Hall–Kier alpha value is -2.30. The first kappa shape index (κ1) is 15.9. The minimum absolute atomic E-state index is 0.0435. The number of aromatic nitrogens is 1. The molecule has 3 aliphatic rings. The van der Waals surface area contributed by atoms with Crippen molar-refractivity contribution in [2.75, 3.05) is 19.6 Å². The molecule has 1 saturated carbocycles. The lowest BCUT2D eigenvalue weighted by molar-refractivity contribution is -0.128. The first-order valence-electron chi connectivity index (χ1n) is 9.82. The van der Waals surface area contributed by atoms with Gasteiger partial charge < -0.3 is 14.8 Å². The zero-order valence-corrected chi connectivity index (χ0v) is 15.0. The number of aromatic amines is 1. The molecule has 1 spiro atoms. The molecule has 0 radical (unpaired) electrons. The highest BCUT2D eigenvalue weighted by atomic mass is 16.2. The second-order valence-electron chi connectivity index (χ2n) is 8.30. The van der Waals surface area contributed by atoms with Crippen LogP contribution in [0.5, 0.6) is 0 Å². The van der Waals surface area contributed by atoms with Crippen LogP contribution in [0.3, 0.4) is 0 Å². The fraction of sp³-hybridized carbons (Fsp3) is 0.524. The number of hydrogen-bond acceptors (Lipinski definition) is 2. The van der Waals surface area contributed by atoms with Crippen molar-refractivity contribution in [3.8, 4) is 0 Å². The highest BCUT2D eigenvalue weighted by molar-refractivity contribution is 5.99. The van der Waals surface area contributed by atoms with Crippen molar-refractivity contribution in [1.82, 2.24) is 14.8 Å². The molecule has 2 saturated heterocycles. The molecular formula is C21H25N3O2. The predicted octanol–water partition coefficient (Wildman–Crippen LogP) is 3.18. The summed E-state index contributed by atoms with van der Waals surface area (Å²) >= 11 is 0. The van der Waals surface area contributed by atoms with E-state index < -0.39 is 0 Å². The Morgan fingerprint density at radius 1 is 1.23 bits per heavy atom. The van der Waals surface area contributed by atoms with Gasteiger partial charge in [0.1, 0.15) is 5.69 Å². The molecule has 3 heterocycles. The van der Waals surface area contributed by atoms with Crippen LogP contribution in [0.4, 0.5) is 0 Å². The second kappa shape index (κ2) is 5.86. The van der Waals surface area contributed by atoms with E-state index in [1.165, 1.54) is 12.8 Å². The molecule has 2 aromatic rings. The minimum atomic E-state index is -0.307. The molecule has 5 heteroatoms. The van der Waals surface area contributed by atoms with Crippen molar-refractivity contribution < 1.29 is 9.59 Å². The molecule has 3 fully saturated rings. The number of likely N-dealkylation sites (tertiary alicyclic amines) is 2. The molecule has 2 aliphatic heterocycles. The van der Waals surface area contributed by atoms with E-state index >= 15 is 0 Å². The van der Waals surface area contributed by atoms with E-state index in [4.69, 9.17) is 0 Å². The quantitative estimate of drug-likeness (QED) is 0.923. The van der Waals surface area contributed by atoms with Crippen LogP contribution in [-0.4, -0.2) is 51.8 Å². The van der Waals surface area contributed by atoms with Gasteiger partial charge in [0.15, 0.2) is 0 Å². The Balaban J connectivity index is 1.44. The number of hydrogen-bond donors (Lipinski definition) is 1. The van der Waals surface area contributed by atoms with Crippen molar-refractivity contribution in [3.63, 3.8) is 0 Å². The average molecular weight is 351 g/mol. The molecule has 1 aromatic heterocycles. The fourth-order valence-electron chi connectivity index (χ4n) is 4.77. The SMILES string of the molecule is O=C1CC2(CCCCN2C(=O)c2cc3ccccc3[nH]2)CN1CC1CC1. The van der Waals surface area contributed by atoms with Gasteiger partial charge >= 0.3 is 0 Å². The van der Waals surface area contributed by atoms with Crippen LogP contribution in [-0.2, 0) is 4.79 Å². The molecule has 1 unspecified atom stereocenters.